The molecule has 0 rings (SSSR count). The second-order valence-electron chi connectivity index (χ2n) is 2.84. The van der Waals surface area contributed by atoms with Crippen LogP contribution in [0.5, 0.6) is 0 Å². The summed E-state index contributed by atoms with van der Waals surface area (Å²) in [7, 11) is 1.24. The van der Waals surface area contributed by atoms with E-state index in [2.05, 4.69) is 10.1 Å². The van der Waals surface area contributed by atoms with Gasteiger partial charge in [-0.1, -0.05) is 20.3 Å². The molecule has 0 radical (unpaired) electrons. The highest BCUT2D eigenvalue weighted by molar-refractivity contribution is 5.80. The number of carbonyl (C=O) groups excluding carboxylic acids is 1. The predicted molar refractivity (Wildman–Crippen MR) is 46.4 cm³/mol. The molecule has 0 saturated heterocycles. The SMILES string of the molecule is CC[C@H](C)[C@H](NC(=O)O)C(=O)OC. The van der Waals surface area contributed by atoms with Crippen LogP contribution in [0.4, 0.5) is 4.79 Å². The van der Waals surface area contributed by atoms with E-state index in [0.29, 0.717) is 6.42 Å². The summed E-state index contributed by atoms with van der Waals surface area (Å²) in [6.07, 6.45) is -0.504. The number of methoxy groups -OCH3 is 1. The maximum atomic E-state index is 11.1. The van der Waals surface area contributed by atoms with Crippen LogP contribution in [-0.4, -0.2) is 30.3 Å². The number of rotatable bonds is 4. The van der Waals surface area contributed by atoms with Crippen molar-refractivity contribution in [2.45, 2.75) is 26.3 Å². The first-order valence-corrected chi connectivity index (χ1v) is 4.10. The van der Waals surface area contributed by atoms with Gasteiger partial charge in [-0.2, -0.15) is 0 Å². The van der Waals surface area contributed by atoms with Gasteiger partial charge in [-0.15, -0.1) is 0 Å². The number of carboxylic acid groups (broad SMARTS) is 1. The minimum Gasteiger partial charge on any atom is -0.467 e. The van der Waals surface area contributed by atoms with Crippen LogP contribution in [0.2, 0.25) is 0 Å². The molecule has 0 aliphatic heterocycles. The maximum Gasteiger partial charge on any atom is 0.405 e. The van der Waals surface area contributed by atoms with Crippen molar-refractivity contribution in [1.82, 2.24) is 5.32 Å². The van der Waals surface area contributed by atoms with E-state index in [1.54, 1.807) is 6.92 Å². The Morgan fingerprint density at radius 2 is 2.08 bits per heavy atom. The van der Waals surface area contributed by atoms with Gasteiger partial charge in [0, 0.05) is 0 Å². The van der Waals surface area contributed by atoms with Gasteiger partial charge < -0.3 is 15.2 Å². The highest BCUT2D eigenvalue weighted by Gasteiger charge is 2.26. The summed E-state index contributed by atoms with van der Waals surface area (Å²) in [6, 6.07) is -0.771. The van der Waals surface area contributed by atoms with Gasteiger partial charge in [-0.3, -0.25) is 0 Å². The number of hydrogen-bond acceptors (Lipinski definition) is 3. The van der Waals surface area contributed by atoms with E-state index >= 15 is 0 Å². The fourth-order valence-electron chi connectivity index (χ4n) is 0.929. The lowest BCUT2D eigenvalue weighted by Gasteiger charge is -2.19. The monoisotopic (exact) mass is 189 g/mol. The van der Waals surface area contributed by atoms with E-state index in [4.69, 9.17) is 5.11 Å². The van der Waals surface area contributed by atoms with Gasteiger partial charge in [0.1, 0.15) is 6.04 Å². The summed E-state index contributed by atoms with van der Waals surface area (Å²) in [5.74, 6) is -0.611. The molecule has 0 unspecified atom stereocenters. The molecule has 0 aromatic carbocycles. The topological polar surface area (TPSA) is 75.6 Å². The third kappa shape index (κ3) is 3.78. The zero-order valence-electron chi connectivity index (χ0n) is 8.03. The van der Waals surface area contributed by atoms with Crippen LogP contribution >= 0.6 is 0 Å². The average Bonchev–Trinajstić information content (AvgIpc) is 2.11. The normalized spacial score (nSPS) is 14.4. The van der Waals surface area contributed by atoms with Crippen LogP contribution in [0.3, 0.4) is 0 Å². The Bertz CT molecular complexity index is 193. The molecule has 0 aromatic rings. The van der Waals surface area contributed by atoms with E-state index in [0.717, 1.165) is 0 Å². The third-order valence-corrected chi connectivity index (χ3v) is 1.95. The van der Waals surface area contributed by atoms with Gasteiger partial charge in [-0.05, 0) is 5.92 Å². The van der Waals surface area contributed by atoms with E-state index in [1.165, 1.54) is 7.11 Å². The smallest absolute Gasteiger partial charge is 0.405 e. The molecule has 0 aliphatic rings. The van der Waals surface area contributed by atoms with Gasteiger partial charge >= 0.3 is 12.1 Å². The molecular weight excluding hydrogens is 174 g/mol. The fourth-order valence-corrected chi connectivity index (χ4v) is 0.929. The highest BCUT2D eigenvalue weighted by Crippen LogP contribution is 2.08. The van der Waals surface area contributed by atoms with Crippen LogP contribution in [0.1, 0.15) is 20.3 Å². The van der Waals surface area contributed by atoms with Crippen LogP contribution < -0.4 is 5.32 Å². The van der Waals surface area contributed by atoms with Crippen molar-refractivity contribution in [1.29, 1.82) is 0 Å². The second-order valence-corrected chi connectivity index (χ2v) is 2.84. The Labute approximate surface area is 77.1 Å². The lowest BCUT2D eigenvalue weighted by atomic mass is 9.99. The zero-order chi connectivity index (χ0) is 10.4. The molecule has 5 heteroatoms. The first-order valence-electron chi connectivity index (χ1n) is 4.10. The molecule has 0 spiro atoms. The number of carbonyl (C=O) groups is 2. The number of esters is 1. The van der Waals surface area contributed by atoms with Crippen molar-refractivity contribution in [2.75, 3.05) is 7.11 Å². The molecular formula is C8H15NO4. The second kappa shape index (κ2) is 5.40. The van der Waals surface area contributed by atoms with Crippen LogP contribution in [0.25, 0.3) is 0 Å². The molecule has 13 heavy (non-hydrogen) atoms. The maximum absolute atomic E-state index is 11.1. The minimum absolute atomic E-state index is 0.0662. The first-order chi connectivity index (χ1) is 6.02. The molecule has 0 bridgehead atoms. The zero-order valence-corrected chi connectivity index (χ0v) is 8.03. The highest BCUT2D eigenvalue weighted by atomic mass is 16.5. The van der Waals surface area contributed by atoms with Crippen molar-refractivity contribution in [3.05, 3.63) is 0 Å². The average molecular weight is 189 g/mol. The summed E-state index contributed by atoms with van der Waals surface area (Å²) < 4.78 is 4.47. The lowest BCUT2D eigenvalue weighted by molar-refractivity contribution is -0.144. The predicted octanol–water partition coefficient (Wildman–Crippen LogP) is 0.842. The number of nitrogens with one attached hydrogen (secondary N) is 1. The summed E-state index contributed by atoms with van der Waals surface area (Å²) in [6.45, 7) is 3.67. The Morgan fingerprint density at radius 3 is 2.38 bits per heavy atom. The van der Waals surface area contributed by atoms with Crippen molar-refractivity contribution < 1.29 is 19.4 Å². The summed E-state index contributed by atoms with van der Waals surface area (Å²) in [4.78, 5) is 21.4. The van der Waals surface area contributed by atoms with E-state index in [-0.39, 0.29) is 5.92 Å². The molecule has 1 amide bonds. The molecule has 0 saturated carbocycles. The quantitative estimate of drug-likeness (QED) is 0.642. The molecule has 0 aliphatic carbocycles. The standard InChI is InChI=1S/C8H15NO4/c1-4-5(2)6(7(10)13-3)9-8(11)12/h5-6,9H,4H2,1-3H3,(H,11,12)/t5-,6-/m0/s1. The Balaban J connectivity index is 4.35. The fraction of sp³-hybridized carbons (Fsp3) is 0.750. The van der Waals surface area contributed by atoms with Crippen LogP contribution in [0.15, 0.2) is 0 Å². The van der Waals surface area contributed by atoms with Gasteiger partial charge in [0.2, 0.25) is 0 Å². The molecule has 5 nitrogen and oxygen atoms in total. The van der Waals surface area contributed by atoms with E-state index < -0.39 is 18.1 Å². The van der Waals surface area contributed by atoms with Gasteiger partial charge in [0.25, 0.3) is 0 Å². The number of ether oxygens (including phenoxy) is 1. The summed E-state index contributed by atoms with van der Waals surface area (Å²) in [5.41, 5.74) is 0. The van der Waals surface area contributed by atoms with Gasteiger partial charge in [0.05, 0.1) is 7.11 Å². The number of hydrogen-bond donors (Lipinski definition) is 2. The van der Waals surface area contributed by atoms with Crippen LogP contribution in [-0.2, 0) is 9.53 Å². The van der Waals surface area contributed by atoms with Crippen molar-refractivity contribution in [3.63, 3.8) is 0 Å². The molecule has 2 atom stereocenters. The lowest BCUT2D eigenvalue weighted by Crippen LogP contribution is -2.45. The Morgan fingerprint density at radius 1 is 1.54 bits per heavy atom. The van der Waals surface area contributed by atoms with Crippen molar-refractivity contribution >= 4 is 12.1 Å². The van der Waals surface area contributed by atoms with E-state index in [9.17, 15) is 9.59 Å². The molecule has 0 fully saturated rings. The van der Waals surface area contributed by atoms with Crippen LogP contribution in [0, 0.1) is 5.92 Å². The summed E-state index contributed by atoms with van der Waals surface area (Å²) in [5, 5.41) is 10.6. The van der Waals surface area contributed by atoms with Gasteiger partial charge in [0.15, 0.2) is 0 Å². The Hall–Kier alpha value is -1.26. The van der Waals surface area contributed by atoms with E-state index in [1.807, 2.05) is 6.92 Å². The third-order valence-electron chi connectivity index (χ3n) is 1.95. The Kier molecular flexibility index (Phi) is 4.87. The molecule has 0 aromatic heterocycles. The van der Waals surface area contributed by atoms with Crippen molar-refractivity contribution in [2.24, 2.45) is 5.92 Å². The first kappa shape index (κ1) is 11.7. The van der Waals surface area contributed by atoms with Crippen molar-refractivity contribution in [3.8, 4) is 0 Å². The molecule has 0 heterocycles. The summed E-state index contributed by atoms with van der Waals surface area (Å²) >= 11 is 0. The molecule has 2 N–H and O–H groups in total. The van der Waals surface area contributed by atoms with Gasteiger partial charge in [-0.25, -0.2) is 9.59 Å². The molecule has 76 valence electrons. The minimum atomic E-state index is -1.21. The largest absolute Gasteiger partial charge is 0.467 e. The number of amides is 1.